The van der Waals surface area contributed by atoms with E-state index in [4.69, 9.17) is 5.26 Å². The normalized spacial score (nSPS) is 31.7. The van der Waals surface area contributed by atoms with Crippen molar-refractivity contribution in [2.75, 3.05) is 0 Å². The van der Waals surface area contributed by atoms with E-state index < -0.39 is 4.92 Å². The van der Waals surface area contributed by atoms with E-state index in [-0.39, 0.29) is 57.7 Å². The molecule has 2 saturated carbocycles. The number of nitro groups is 1. The number of rotatable bonds is 3. The van der Waals surface area contributed by atoms with Gasteiger partial charge in [0.1, 0.15) is 0 Å². The van der Waals surface area contributed by atoms with Crippen LogP contribution in [0.1, 0.15) is 24.0 Å². The number of amides is 2. The topological polar surface area (TPSA) is 117 Å². The monoisotopic (exact) mass is 362 g/mol. The zero-order valence-electron chi connectivity index (χ0n) is 14.1. The second-order valence-electron chi connectivity index (χ2n) is 7.60. The van der Waals surface area contributed by atoms with Crippen molar-refractivity contribution in [1.29, 1.82) is 5.26 Å². The van der Waals surface area contributed by atoms with E-state index in [2.05, 4.69) is 17.3 Å². The summed E-state index contributed by atoms with van der Waals surface area (Å²) in [5, 5.41) is 25.0. The highest BCUT2D eigenvalue weighted by Gasteiger charge is 2.73. The molecule has 3 fully saturated rings. The smallest absolute Gasteiger partial charge is 0.272 e. The van der Waals surface area contributed by atoms with Crippen molar-refractivity contribution < 1.29 is 14.5 Å². The lowest BCUT2D eigenvalue weighted by Gasteiger charge is -2.18. The van der Waals surface area contributed by atoms with E-state index in [0.717, 1.165) is 30.1 Å². The Labute approximate surface area is 153 Å². The zero-order valence-corrected chi connectivity index (χ0v) is 14.1. The van der Waals surface area contributed by atoms with Crippen molar-refractivity contribution in [1.82, 2.24) is 5.01 Å². The maximum Gasteiger partial charge on any atom is 0.279 e. The summed E-state index contributed by atoms with van der Waals surface area (Å²) in [5.41, 5.74) is 0.105. The molecule has 2 bridgehead atoms. The molecule has 1 saturated heterocycles. The second-order valence-corrected chi connectivity index (χ2v) is 7.60. The number of nitrogens with zero attached hydrogens (tertiary/aromatic N) is 4. The molecule has 4 aliphatic rings. The van der Waals surface area contributed by atoms with Crippen LogP contribution in [0.15, 0.2) is 35.5 Å². The average molecular weight is 362 g/mol. The van der Waals surface area contributed by atoms with Crippen molar-refractivity contribution in [3.63, 3.8) is 0 Å². The predicted molar refractivity (Wildman–Crippen MR) is 92.0 cm³/mol. The number of hydrogen-bond donors (Lipinski definition) is 0. The Balaban J connectivity index is 1.45. The van der Waals surface area contributed by atoms with Crippen LogP contribution in [0.3, 0.4) is 0 Å². The number of hydrogen-bond acceptors (Lipinski definition) is 6. The van der Waals surface area contributed by atoms with E-state index in [1.807, 2.05) is 6.07 Å². The summed E-state index contributed by atoms with van der Waals surface area (Å²) in [6.45, 7) is 0. The molecule has 0 N–H and O–H groups in total. The highest BCUT2D eigenvalue weighted by molar-refractivity contribution is 6.07. The molecular weight excluding hydrogens is 348 g/mol. The quantitative estimate of drug-likeness (QED) is 0.268. The van der Waals surface area contributed by atoms with Crippen molar-refractivity contribution in [2.24, 2.45) is 34.2 Å². The molecule has 1 heterocycles. The predicted octanol–water partition coefficient (Wildman–Crippen LogP) is 2.00. The first kappa shape index (κ1) is 15.9. The first-order valence-electron chi connectivity index (χ1n) is 8.76. The van der Waals surface area contributed by atoms with Gasteiger partial charge in [-0.25, -0.2) is 0 Å². The third kappa shape index (κ3) is 1.94. The summed E-state index contributed by atoms with van der Waals surface area (Å²) >= 11 is 0. The van der Waals surface area contributed by atoms with Gasteiger partial charge in [0, 0.05) is 6.07 Å². The van der Waals surface area contributed by atoms with Gasteiger partial charge in [0.25, 0.3) is 17.5 Å². The summed E-state index contributed by atoms with van der Waals surface area (Å²) in [5.74, 6) is -1.14. The van der Waals surface area contributed by atoms with Gasteiger partial charge in [0.15, 0.2) is 0 Å². The molecule has 0 radical (unpaired) electrons. The molecular formula is C19H14N4O4. The Morgan fingerprint density at radius 2 is 1.85 bits per heavy atom. The van der Waals surface area contributed by atoms with Gasteiger partial charge in [-0.3, -0.25) is 19.7 Å². The first-order chi connectivity index (χ1) is 13.0. The van der Waals surface area contributed by atoms with Crippen LogP contribution in [0, 0.1) is 50.5 Å². The third-order valence-corrected chi connectivity index (χ3v) is 6.50. The van der Waals surface area contributed by atoms with Gasteiger partial charge in [-0.2, -0.15) is 15.4 Å². The highest BCUT2D eigenvalue weighted by Crippen LogP contribution is 2.73. The Morgan fingerprint density at radius 1 is 1.22 bits per heavy atom. The molecule has 2 amide bonds. The number of imide groups is 1. The number of nitriles is 1. The fourth-order valence-electron chi connectivity index (χ4n) is 5.18. The number of carbonyl (C=O) groups is 2. The summed E-state index contributed by atoms with van der Waals surface area (Å²) in [4.78, 5) is 36.3. The average Bonchev–Trinajstić information content (AvgIpc) is 3.26. The molecule has 0 aromatic heterocycles. The number of nitro benzene ring substituents is 1. The molecule has 8 heteroatoms. The van der Waals surface area contributed by atoms with Crippen molar-refractivity contribution in [3.8, 4) is 6.07 Å². The lowest BCUT2D eigenvalue weighted by molar-refractivity contribution is -0.385. The number of fused-ring (bicyclic) bond motifs is 3. The largest absolute Gasteiger partial charge is 0.279 e. The van der Waals surface area contributed by atoms with E-state index in [9.17, 15) is 19.7 Å². The summed E-state index contributed by atoms with van der Waals surface area (Å²) < 4.78 is 0. The van der Waals surface area contributed by atoms with E-state index in [1.165, 1.54) is 12.1 Å². The van der Waals surface area contributed by atoms with Gasteiger partial charge in [-0.15, -0.1) is 0 Å². The summed E-state index contributed by atoms with van der Waals surface area (Å²) in [6.07, 6.45) is 7.41. The molecule has 5 rings (SSSR count). The van der Waals surface area contributed by atoms with Gasteiger partial charge in [0.2, 0.25) is 0 Å². The van der Waals surface area contributed by atoms with Crippen LogP contribution in [0.25, 0.3) is 0 Å². The number of allylic oxidation sites excluding steroid dienone is 2. The lowest BCUT2D eigenvalue weighted by Crippen LogP contribution is -2.30. The maximum atomic E-state index is 12.8. The first-order valence-corrected chi connectivity index (χ1v) is 8.76. The minimum absolute atomic E-state index is 0.105. The molecule has 8 nitrogen and oxygen atoms in total. The molecule has 4 atom stereocenters. The lowest BCUT2D eigenvalue weighted by atomic mass is 9.85. The summed E-state index contributed by atoms with van der Waals surface area (Å²) in [6, 6.07) is 5.80. The SMILES string of the molecule is N#Cc1ccc(/C=N\N2C(=O)[C@@H]3[C@@H](C2=O)[C@@H]2C=C[C@H]3C23CC3)c([N+](=O)[O-])c1. The fourth-order valence-corrected chi connectivity index (χ4v) is 5.18. The van der Waals surface area contributed by atoms with Gasteiger partial charge in [0.05, 0.1) is 40.2 Å². The Hall–Kier alpha value is -3.34. The fraction of sp³-hybridized carbons (Fsp3) is 0.368. The van der Waals surface area contributed by atoms with Crippen LogP contribution in [-0.4, -0.2) is 28.0 Å². The number of benzene rings is 1. The Kier molecular flexibility index (Phi) is 3.00. The van der Waals surface area contributed by atoms with E-state index >= 15 is 0 Å². The van der Waals surface area contributed by atoms with Crippen molar-refractivity contribution in [3.05, 3.63) is 51.6 Å². The molecule has 0 unspecified atom stereocenters. The minimum Gasteiger partial charge on any atom is -0.272 e. The van der Waals surface area contributed by atoms with Crippen molar-refractivity contribution in [2.45, 2.75) is 12.8 Å². The van der Waals surface area contributed by atoms with Gasteiger partial charge < -0.3 is 0 Å². The molecule has 1 spiro atoms. The third-order valence-electron chi connectivity index (χ3n) is 6.50. The molecule has 1 aromatic carbocycles. The van der Waals surface area contributed by atoms with Crippen LogP contribution in [-0.2, 0) is 9.59 Å². The van der Waals surface area contributed by atoms with Gasteiger partial charge >= 0.3 is 0 Å². The number of hydrazone groups is 1. The minimum atomic E-state index is -0.619. The Bertz CT molecular complexity index is 983. The van der Waals surface area contributed by atoms with E-state index in [1.54, 1.807) is 0 Å². The zero-order chi connectivity index (χ0) is 18.9. The molecule has 1 aromatic rings. The van der Waals surface area contributed by atoms with Gasteiger partial charge in [-0.05, 0) is 42.2 Å². The van der Waals surface area contributed by atoms with Crippen LogP contribution < -0.4 is 0 Å². The number of carbonyl (C=O) groups excluding carboxylic acids is 2. The van der Waals surface area contributed by atoms with Crippen LogP contribution in [0.4, 0.5) is 5.69 Å². The molecule has 134 valence electrons. The summed E-state index contributed by atoms with van der Waals surface area (Å²) in [7, 11) is 0. The Morgan fingerprint density at radius 3 is 2.37 bits per heavy atom. The second kappa shape index (κ2) is 5.10. The van der Waals surface area contributed by atoms with Gasteiger partial charge in [-0.1, -0.05) is 12.2 Å². The van der Waals surface area contributed by atoms with Crippen LogP contribution >= 0.6 is 0 Å². The standard InChI is InChI=1S/C19H14N4O4/c20-8-10-1-2-11(14(7-10)23(26)27)9-21-22-17(24)15-12-3-4-13(16(15)18(22)25)19(12)5-6-19/h1-4,7,9,12-13,15-16H,5-6H2/b21-9-/t12-,13+,15-,16-/m0/s1. The van der Waals surface area contributed by atoms with Crippen molar-refractivity contribution >= 4 is 23.7 Å². The highest BCUT2D eigenvalue weighted by atomic mass is 16.6. The molecule has 27 heavy (non-hydrogen) atoms. The molecule has 1 aliphatic heterocycles. The van der Waals surface area contributed by atoms with Crippen LogP contribution in [0.2, 0.25) is 0 Å². The molecule has 3 aliphatic carbocycles. The van der Waals surface area contributed by atoms with Crippen LogP contribution in [0.5, 0.6) is 0 Å². The van der Waals surface area contributed by atoms with E-state index in [0.29, 0.717) is 0 Å². The maximum absolute atomic E-state index is 12.8.